The molecule has 2 fully saturated rings. The maximum atomic E-state index is 11.4. The van der Waals surface area contributed by atoms with Gasteiger partial charge in [0.15, 0.2) is 0 Å². The average molecular weight is 293 g/mol. The Morgan fingerprint density at radius 3 is 2.76 bits per heavy atom. The van der Waals surface area contributed by atoms with Crippen molar-refractivity contribution in [2.75, 3.05) is 26.2 Å². The number of piperidine rings is 1. The topological polar surface area (TPSA) is 67.6 Å². The zero-order chi connectivity index (χ0) is 14.9. The van der Waals surface area contributed by atoms with Crippen LogP contribution in [0.25, 0.3) is 0 Å². The van der Waals surface area contributed by atoms with Crippen LogP contribution in [0.3, 0.4) is 0 Å². The lowest BCUT2D eigenvalue weighted by molar-refractivity contribution is -0.120. The highest BCUT2D eigenvalue weighted by atomic mass is 16.5. The van der Waals surface area contributed by atoms with Crippen molar-refractivity contribution in [2.45, 2.75) is 45.3 Å². The van der Waals surface area contributed by atoms with Gasteiger partial charge in [0.2, 0.25) is 5.91 Å². The number of ether oxygens (including phenoxy) is 1. The first-order chi connectivity index (χ1) is 10.1. The highest BCUT2D eigenvalue weighted by molar-refractivity contribution is 5.76. The minimum atomic E-state index is -0.165. The predicted octanol–water partition coefficient (Wildman–Crippen LogP) is 1.16. The maximum Gasteiger partial charge on any atom is 0.222 e. The van der Waals surface area contributed by atoms with Crippen molar-refractivity contribution in [3.8, 4) is 0 Å². The van der Waals surface area contributed by atoms with E-state index in [0.717, 1.165) is 43.9 Å². The van der Waals surface area contributed by atoms with Crippen LogP contribution in [0, 0.1) is 13.8 Å². The van der Waals surface area contributed by atoms with E-state index in [2.05, 4.69) is 15.4 Å². The molecule has 21 heavy (non-hydrogen) atoms. The van der Waals surface area contributed by atoms with E-state index >= 15 is 0 Å². The van der Waals surface area contributed by atoms with Gasteiger partial charge in [-0.2, -0.15) is 0 Å². The van der Waals surface area contributed by atoms with Crippen molar-refractivity contribution in [3.05, 3.63) is 17.0 Å². The van der Waals surface area contributed by atoms with Crippen LogP contribution in [-0.4, -0.2) is 47.8 Å². The molecule has 1 N–H and O–H groups in total. The fourth-order valence-electron chi connectivity index (χ4n) is 3.15. The highest BCUT2D eigenvalue weighted by Crippen LogP contribution is 2.29. The molecular formula is C15H23N3O3. The molecule has 3 rings (SSSR count). The molecule has 0 unspecified atom stereocenters. The minimum Gasteiger partial charge on any atom is -0.373 e. The molecule has 1 amide bonds. The molecule has 0 atom stereocenters. The van der Waals surface area contributed by atoms with E-state index in [-0.39, 0.29) is 11.5 Å². The van der Waals surface area contributed by atoms with Gasteiger partial charge in [-0.05, 0) is 26.7 Å². The van der Waals surface area contributed by atoms with Gasteiger partial charge >= 0.3 is 0 Å². The quantitative estimate of drug-likeness (QED) is 0.886. The Hall–Kier alpha value is -1.40. The van der Waals surface area contributed by atoms with E-state index in [9.17, 15) is 4.79 Å². The maximum absolute atomic E-state index is 11.4. The molecule has 2 saturated heterocycles. The van der Waals surface area contributed by atoms with Gasteiger partial charge in [-0.3, -0.25) is 9.69 Å². The molecular weight excluding hydrogens is 270 g/mol. The van der Waals surface area contributed by atoms with E-state index in [1.54, 1.807) is 0 Å². The number of carbonyl (C=O) groups excluding carboxylic acids is 1. The van der Waals surface area contributed by atoms with Gasteiger partial charge in [0.25, 0.3) is 0 Å². The average Bonchev–Trinajstić information content (AvgIpc) is 2.69. The fraction of sp³-hybridized carbons (Fsp3) is 0.733. The van der Waals surface area contributed by atoms with E-state index < -0.39 is 0 Å². The summed E-state index contributed by atoms with van der Waals surface area (Å²) in [6.07, 6.45) is 2.39. The predicted molar refractivity (Wildman–Crippen MR) is 76.8 cm³/mol. The molecule has 0 bridgehead atoms. The Bertz CT molecular complexity index is 499. The number of likely N-dealkylation sites (tertiary alicyclic amines) is 1. The molecule has 1 spiro atoms. The number of nitrogens with one attached hydrogen (secondary N) is 1. The Balaban J connectivity index is 1.59. The Kier molecular flexibility index (Phi) is 3.99. The SMILES string of the molecule is Cc1noc(C)c1CN1CCC2(CC1)CNC(=O)CCO2. The summed E-state index contributed by atoms with van der Waals surface area (Å²) in [6.45, 7) is 7.95. The van der Waals surface area contributed by atoms with Crippen LogP contribution >= 0.6 is 0 Å². The van der Waals surface area contributed by atoms with Crippen molar-refractivity contribution in [3.63, 3.8) is 0 Å². The van der Waals surface area contributed by atoms with Crippen LogP contribution < -0.4 is 5.32 Å². The number of amides is 1. The smallest absolute Gasteiger partial charge is 0.222 e. The molecule has 6 heteroatoms. The number of nitrogens with zero attached hydrogens (tertiary/aromatic N) is 2. The van der Waals surface area contributed by atoms with Crippen molar-refractivity contribution in [1.29, 1.82) is 0 Å². The first-order valence-corrected chi connectivity index (χ1v) is 7.63. The van der Waals surface area contributed by atoms with Crippen molar-refractivity contribution in [2.24, 2.45) is 0 Å². The molecule has 2 aliphatic rings. The van der Waals surface area contributed by atoms with Gasteiger partial charge in [0.05, 0.1) is 17.9 Å². The van der Waals surface area contributed by atoms with Crippen molar-refractivity contribution < 1.29 is 14.1 Å². The monoisotopic (exact) mass is 293 g/mol. The lowest BCUT2D eigenvalue weighted by Gasteiger charge is -2.40. The Morgan fingerprint density at radius 2 is 2.10 bits per heavy atom. The minimum absolute atomic E-state index is 0.102. The standard InChI is InChI=1S/C15H23N3O3/c1-11-13(12(2)21-17-11)9-18-6-4-15(5-7-18)10-16-14(19)3-8-20-15/h3-10H2,1-2H3,(H,16,19). The molecule has 6 nitrogen and oxygen atoms in total. The molecule has 3 heterocycles. The largest absolute Gasteiger partial charge is 0.373 e. The zero-order valence-electron chi connectivity index (χ0n) is 12.8. The summed E-state index contributed by atoms with van der Waals surface area (Å²) in [4.78, 5) is 13.9. The van der Waals surface area contributed by atoms with Crippen LogP contribution in [0.2, 0.25) is 0 Å². The third kappa shape index (κ3) is 3.11. The number of carbonyl (C=O) groups is 1. The summed E-state index contributed by atoms with van der Waals surface area (Å²) in [5.74, 6) is 1.01. The molecule has 0 aliphatic carbocycles. The number of hydrogen-bond donors (Lipinski definition) is 1. The van der Waals surface area contributed by atoms with Gasteiger partial charge in [-0.1, -0.05) is 5.16 Å². The molecule has 1 aromatic heterocycles. The summed E-state index contributed by atoms with van der Waals surface area (Å²) in [6, 6.07) is 0. The van der Waals surface area contributed by atoms with Crippen LogP contribution in [-0.2, 0) is 16.1 Å². The first-order valence-electron chi connectivity index (χ1n) is 7.63. The summed E-state index contributed by atoms with van der Waals surface area (Å²) in [5, 5.41) is 6.99. The highest BCUT2D eigenvalue weighted by Gasteiger charge is 2.37. The van der Waals surface area contributed by atoms with E-state index in [1.807, 2.05) is 13.8 Å². The second-order valence-corrected chi connectivity index (χ2v) is 6.14. The fourth-order valence-corrected chi connectivity index (χ4v) is 3.15. The lowest BCUT2D eigenvalue weighted by Crippen LogP contribution is -2.50. The van der Waals surface area contributed by atoms with Gasteiger partial charge in [0, 0.05) is 38.2 Å². The molecule has 0 saturated carbocycles. The van der Waals surface area contributed by atoms with Crippen LogP contribution in [0.4, 0.5) is 0 Å². The van der Waals surface area contributed by atoms with Gasteiger partial charge in [-0.15, -0.1) is 0 Å². The summed E-state index contributed by atoms with van der Waals surface area (Å²) in [5.41, 5.74) is 2.01. The van der Waals surface area contributed by atoms with E-state index in [0.29, 0.717) is 19.6 Å². The molecule has 0 radical (unpaired) electrons. The molecule has 116 valence electrons. The molecule has 2 aliphatic heterocycles. The number of hydrogen-bond acceptors (Lipinski definition) is 5. The number of aryl methyl sites for hydroxylation is 2. The number of rotatable bonds is 2. The van der Waals surface area contributed by atoms with Crippen LogP contribution in [0.15, 0.2) is 4.52 Å². The third-order valence-electron chi connectivity index (χ3n) is 4.68. The second kappa shape index (κ2) is 5.77. The van der Waals surface area contributed by atoms with Gasteiger partial charge in [-0.25, -0.2) is 0 Å². The second-order valence-electron chi connectivity index (χ2n) is 6.14. The lowest BCUT2D eigenvalue weighted by atomic mass is 9.90. The molecule has 1 aromatic rings. The Morgan fingerprint density at radius 1 is 1.33 bits per heavy atom. The normalized spacial score (nSPS) is 23.0. The van der Waals surface area contributed by atoms with Crippen molar-refractivity contribution >= 4 is 5.91 Å². The molecule has 0 aromatic carbocycles. The van der Waals surface area contributed by atoms with Crippen LogP contribution in [0.5, 0.6) is 0 Å². The summed E-state index contributed by atoms with van der Waals surface area (Å²) >= 11 is 0. The van der Waals surface area contributed by atoms with Crippen molar-refractivity contribution in [1.82, 2.24) is 15.4 Å². The first kappa shape index (κ1) is 14.5. The number of aromatic nitrogens is 1. The summed E-state index contributed by atoms with van der Waals surface area (Å²) in [7, 11) is 0. The van der Waals surface area contributed by atoms with Gasteiger partial charge < -0.3 is 14.6 Å². The third-order valence-corrected chi connectivity index (χ3v) is 4.68. The zero-order valence-corrected chi connectivity index (χ0v) is 12.8. The van der Waals surface area contributed by atoms with E-state index in [4.69, 9.17) is 9.26 Å². The van der Waals surface area contributed by atoms with Gasteiger partial charge in [0.1, 0.15) is 5.76 Å². The Labute approximate surface area is 124 Å². The van der Waals surface area contributed by atoms with E-state index in [1.165, 1.54) is 5.56 Å². The summed E-state index contributed by atoms with van der Waals surface area (Å²) < 4.78 is 11.2. The van der Waals surface area contributed by atoms with Crippen LogP contribution in [0.1, 0.15) is 36.3 Å².